The second-order valence-corrected chi connectivity index (χ2v) is 4.98. The normalized spacial score (nSPS) is 10.9. The molecule has 0 aliphatic rings. The molecule has 1 heterocycles. The minimum Gasteiger partial charge on any atom is -0.261 e. The molecule has 1 N–H and O–H groups in total. The Morgan fingerprint density at radius 3 is 2.52 bits per heavy atom. The fourth-order valence-corrected chi connectivity index (χ4v) is 2.09. The second-order valence-electron chi connectivity index (χ2n) is 4.98. The summed E-state index contributed by atoms with van der Waals surface area (Å²) < 4.78 is 13.5. The lowest BCUT2D eigenvalue weighted by Gasteiger charge is -2.05. The first-order valence-corrected chi connectivity index (χ1v) is 7.17. The summed E-state index contributed by atoms with van der Waals surface area (Å²) in [6.07, 6.45) is 1.43. The number of halogens is 1. The van der Waals surface area contributed by atoms with Crippen LogP contribution in [-0.4, -0.2) is 16.2 Å². The molecule has 0 fully saturated rings. The quantitative estimate of drug-likeness (QED) is 0.584. The summed E-state index contributed by atoms with van der Waals surface area (Å²) >= 11 is 0. The van der Waals surface area contributed by atoms with Crippen LogP contribution in [0, 0.1) is 12.7 Å². The number of nitrogens with zero attached hydrogens (tertiary/aromatic N) is 3. The molecule has 0 radical (unpaired) electrons. The van der Waals surface area contributed by atoms with Crippen molar-refractivity contribution in [2.45, 2.75) is 6.92 Å². The number of aromatic nitrogens is 2. The molecule has 23 heavy (non-hydrogen) atoms. The number of hydrogen-bond acceptors (Lipinski definition) is 4. The summed E-state index contributed by atoms with van der Waals surface area (Å²) in [7, 11) is 0. The molecule has 0 aliphatic heterocycles. The van der Waals surface area contributed by atoms with E-state index in [9.17, 15) is 4.39 Å². The van der Waals surface area contributed by atoms with Crippen LogP contribution < -0.4 is 5.43 Å². The molecule has 0 amide bonds. The van der Waals surface area contributed by atoms with Gasteiger partial charge in [0.2, 0.25) is 0 Å². The summed E-state index contributed by atoms with van der Waals surface area (Å²) in [5, 5.41) is 4.04. The van der Waals surface area contributed by atoms with Crippen molar-refractivity contribution in [2.75, 3.05) is 5.43 Å². The van der Waals surface area contributed by atoms with E-state index >= 15 is 0 Å². The summed E-state index contributed by atoms with van der Waals surface area (Å²) in [6.45, 7) is 1.89. The Morgan fingerprint density at radius 1 is 1.00 bits per heavy atom. The third-order valence-electron chi connectivity index (χ3n) is 3.17. The van der Waals surface area contributed by atoms with Crippen molar-refractivity contribution in [1.29, 1.82) is 0 Å². The van der Waals surface area contributed by atoms with Crippen molar-refractivity contribution in [3.63, 3.8) is 0 Å². The molecule has 1 aromatic heterocycles. The third-order valence-corrected chi connectivity index (χ3v) is 3.17. The molecule has 0 bridgehead atoms. The van der Waals surface area contributed by atoms with Crippen LogP contribution in [0.1, 0.15) is 11.3 Å². The standard InChI is InChI=1S/C18H15FN4/c1-13-11-17(22-18(21-13)14-7-3-2-4-8-14)23-20-12-15-9-5-6-10-16(15)19/h2-12H,1H3,(H,21,22,23)/b20-12-. The molecule has 0 spiro atoms. The number of rotatable bonds is 4. The number of anilines is 1. The summed E-state index contributed by atoms with van der Waals surface area (Å²) in [5.74, 6) is 0.861. The average Bonchev–Trinajstić information content (AvgIpc) is 2.57. The van der Waals surface area contributed by atoms with Gasteiger partial charge in [-0.3, -0.25) is 5.43 Å². The minimum atomic E-state index is -0.318. The molecule has 2 aromatic carbocycles. The van der Waals surface area contributed by atoms with Crippen LogP contribution in [0.5, 0.6) is 0 Å². The number of benzene rings is 2. The first-order chi connectivity index (χ1) is 11.2. The molecular weight excluding hydrogens is 291 g/mol. The monoisotopic (exact) mass is 306 g/mol. The lowest BCUT2D eigenvalue weighted by Crippen LogP contribution is -1.99. The molecule has 3 aromatic rings. The van der Waals surface area contributed by atoms with E-state index in [0.717, 1.165) is 11.3 Å². The van der Waals surface area contributed by atoms with Gasteiger partial charge in [0.1, 0.15) is 5.82 Å². The van der Waals surface area contributed by atoms with Crippen LogP contribution in [0.15, 0.2) is 65.8 Å². The summed E-state index contributed by atoms with van der Waals surface area (Å²) in [5.41, 5.74) is 4.98. The van der Waals surface area contributed by atoms with Gasteiger partial charge in [-0.1, -0.05) is 48.5 Å². The van der Waals surface area contributed by atoms with Crippen LogP contribution in [0.25, 0.3) is 11.4 Å². The highest BCUT2D eigenvalue weighted by atomic mass is 19.1. The van der Waals surface area contributed by atoms with Gasteiger partial charge in [-0.25, -0.2) is 14.4 Å². The van der Waals surface area contributed by atoms with E-state index in [1.54, 1.807) is 24.3 Å². The molecule has 3 rings (SSSR count). The second kappa shape index (κ2) is 6.79. The highest BCUT2D eigenvalue weighted by molar-refractivity contribution is 5.80. The van der Waals surface area contributed by atoms with Crippen molar-refractivity contribution >= 4 is 12.0 Å². The maximum absolute atomic E-state index is 13.5. The van der Waals surface area contributed by atoms with Crippen molar-refractivity contribution < 1.29 is 4.39 Å². The van der Waals surface area contributed by atoms with Crippen LogP contribution in [0.2, 0.25) is 0 Å². The van der Waals surface area contributed by atoms with Crippen LogP contribution in [0.3, 0.4) is 0 Å². The molecule has 0 aliphatic carbocycles. The number of hydrazone groups is 1. The molecule has 0 atom stereocenters. The molecule has 5 heteroatoms. The van der Waals surface area contributed by atoms with Crippen molar-refractivity contribution in [2.24, 2.45) is 5.10 Å². The lowest BCUT2D eigenvalue weighted by atomic mass is 10.2. The maximum Gasteiger partial charge on any atom is 0.161 e. The minimum absolute atomic E-state index is 0.318. The van der Waals surface area contributed by atoms with Crippen LogP contribution in [-0.2, 0) is 0 Å². The zero-order valence-electron chi connectivity index (χ0n) is 12.6. The molecule has 4 nitrogen and oxygen atoms in total. The third kappa shape index (κ3) is 3.77. The molecule has 114 valence electrons. The van der Waals surface area contributed by atoms with E-state index in [-0.39, 0.29) is 5.82 Å². The lowest BCUT2D eigenvalue weighted by molar-refractivity contribution is 0.626. The number of aryl methyl sites for hydroxylation is 1. The van der Waals surface area contributed by atoms with E-state index in [1.807, 2.05) is 37.3 Å². The predicted molar refractivity (Wildman–Crippen MR) is 89.8 cm³/mol. The first kappa shape index (κ1) is 14.8. The van der Waals surface area contributed by atoms with Gasteiger partial charge in [0, 0.05) is 22.9 Å². The Morgan fingerprint density at radius 2 is 1.74 bits per heavy atom. The highest BCUT2D eigenvalue weighted by Gasteiger charge is 2.04. The first-order valence-electron chi connectivity index (χ1n) is 7.17. The number of nitrogens with one attached hydrogen (secondary N) is 1. The topological polar surface area (TPSA) is 50.2 Å². The Hall–Kier alpha value is -3.08. The molecule has 0 unspecified atom stereocenters. The van der Waals surface area contributed by atoms with Gasteiger partial charge in [0.15, 0.2) is 11.6 Å². The Kier molecular flexibility index (Phi) is 4.38. The van der Waals surface area contributed by atoms with Crippen LogP contribution >= 0.6 is 0 Å². The van der Waals surface area contributed by atoms with Gasteiger partial charge < -0.3 is 0 Å². The molecular formula is C18H15FN4. The fourth-order valence-electron chi connectivity index (χ4n) is 2.09. The van der Waals surface area contributed by atoms with Crippen molar-refractivity contribution in [3.8, 4) is 11.4 Å². The largest absolute Gasteiger partial charge is 0.261 e. The fraction of sp³-hybridized carbons (Fsp3) is 0.0556. The Bertz CT molecular complexity index is 831. The number of hydrogen-bond donors (Lipinski definition) is 1. The van der Waals surface area contributed by atoms with E-state index in [0.29, 0.717) is 17.2 Å². The van der Waals surface area contributed by atoms with Crippen molar-refractivity contribution in [1.82, 2.24) is 9.97 Å². The highest BCUT2D eigenvalue weighted by Crippen LogP contribution is 2.17. The maximum atomic E-state index is 13.5. The van der Waals surface area contributed by atoms with Crippen LogP contribution in [0.4, 0.5) is 10.2 Å². The van der Waals surface area contributed by atoms with Gasteiger partial charge in [-0.15, -0.1) is 0 Å². The van der Waals surface area contributed by atoms with Gasteiger partial charge in [-0.2, -0.15) is 5.10 Å². The average molecular weight is 306 g/mol. The summed E-state index contributed by atoms with van der Waals surface area (Å²) in [6, 6.07) is 17.9. The van der Waals surface area contributed by atoms with Gasteiger partial charge in [0.05, 0.1) is 6.21 Å². The van der Waals surface area contributed by atoms with E-state index < -0.39 is 0 Å². The molecule has 0 saturated carbocycles. The van der Waals surface area contributed by atoms with E-state index in [4.69, 9.17) is 0 Å². The van der Waals surface area contributed by atoms with Gasteiger partial charge >= 0.3 is 0 Å². The Balaban J connectivity index is 1.81. The zero-order chi connectivity index (χ0) is 16.1. The Labute approximate surface area is 133 Å². The SMILES string of the molecule is Cc1cc(N/N=C\c2ccccc2F)nc(-c2ccccc2)n1. The van der Waals surface area contributed by atoms with E-state index in [1.165, 1.54) is 12.3 Å². The summed E-state index contributed by atoms with van der Waals surface area (Å²) in [4.78, 5) is 8.85. The predicted octanol–water partition coefficient (Wildman–Crippen LogP) is 4.04. The van der Waals surface area contributed by atoms with Crippen molar-refractivity contribution in [3.05, 3.63) is 77.7 Å². The van der Waals surface area contributed by atoms with Gasteiger partial charge in [0.25, 0.3) is 0 Å². The smallest absolute Gasteiger partial charge is 0.161 e. The van der Waals surface area contributed by atoms with E-state index in [2.05, 4.69) is 20.5 Å². The zero-order valence-corrected chi connectivity index (χ0v) is 12.6. The van der Waals surface area contributed by atoms with Gasteiger partial charge in [-0.05, 0) is 13.0 Å². The molecule has 0 saturated heterocycles.